The third-order valence-corrected chi connectivity index (χ3v) is 2.46. The van der Waals surface area contributed by atoms with E-state index in [-0.39, 0.29) is 13.0 Å². The summed E-state index contributed by atoms with van der Waals surface area (Å²) < 4.78 is 18.9. The minimum atomic E-state index is -1.43. The number of halogens is 2. The van der Waals surface area contributed by atoms with Gasteiger partial charge in [-0.15, -0.1) is 0 Å². The lowest BCUT2D eigenvalue weighted by Crippen LogP contribution is -2.31. The Labute approximate surface area is 94.2 Å². The zero-order chi connectivity index (χ0) is 11.5. The third-order valence-electron chi connectivity index (χ3n) is 2.23. The molecule has 0 saturated heterocycles. The Morgan fingerprint density at radius 2 is 2.20 bits per heavy atom. The molecule has 0 radical (unpaired) electrons. The smallest absolute Gasteiger partial charge is 0.124 e. The average Bonchev–Trinajstić information content (AvgIpc) is 2.18. The predicted molar refractivity (Wildman–Crippen MR) is 60.3 cm³/mol. The van der Waals surface area contributed by atoms with Crippen LogP contribution in [0.2, 0.25) is 5.02 Å². The van der Waals surface area contributed by atoms with Crippen LogP contribution in [0.25, 0.3) is 0 Å². The summed E-state index contributed by atoms with van der Waals surface area (Å²) in [6.45, 7) is 1.44. The SMILES string of the molecule is COc1ccc(Cl)cc1CC(C)(F)CN. The highest BCUT2D eigenvalue weighted by atomic mass is 35.5. The minimum absolute atomic E-state index is 0.0251. The predicted octanol–water partition coefficient (Wildman–Crippen LogP) is 2.58. The van der Waals surface area contributed by atoms with Gasteiger partial charge in [0.15, 0.2) is 0 Å². The van der Waals surface area contributed by atoms with Crippen molar-refractivity contribution >= 4 is 11.6 Å². The van der Waals surface area contributed by atoms with Crippen molar-refractivity contribution < 1.29 is 9.13 Å². The quantitative estimate of drug-likeness (QED) is 0.865. The van der Waals surface area contributed by atoms with Gasteiger partial charge < -0.3 is 10.5 Å². The van der Waals surface area contributed by atoms with Crippen molar-refractivity contribution in [2.45, 2.75) is 19.0 Å². The molecule has 0 aliphatic rings. The summed E-state index contributed by atoms with van der Waals surface area (Å²) >= 11 is 5.84. The fraction of sp³-hybridized carbons (Fsp3) is 0.455. The standard InChI is InChI=1S/C11H15ClFNO/c1-11(13,7-14)6-8-5-9(12)3-4-10(8)15-2/h3-5H,6-7,14H2,1-2H3. The zero-order valence-corrected chi connectivity index (χ0v) is 9.64. The molecule has 2 nitrogen and oxygen atoms in total. The summed E-state index contributed by atoms with van der Waals surface area (Å²) in [6.07, 6.45) is 0.202. The Morgan fingerprint density at radius 3 is 2.73 bits per heavy atom. The van der Waals surface area contributed by atoms with Crippen LogP contribution in [0.15, 0.2) is 18.2 Å². The highest BCUT2D eigenvalue weighted by Gasteiger charge is 2.23. The highest BCUT2D eigenvalue weighted by molar-refractivity contribution is 6.30. The normalized spacial score (nSPS) is 14.7. The van der Waals surface area contributed by atoms with Crippen molar-refractivity contribution in [3.63, 3.8) is 0 Å². The van der Waals surface area contributed by atoms with E-state index in [0.717, 1.165) is 5.56 Å². The van der Waals surface area contributed by atoms with E-state index in [2.05, 4.69) is 0 Å². The number of methoxy groups -OCH3 is 1. The van der Waals surface area contributed by atoms with Gasteiger partial charge in [0.05, 0.1) is 7.11 Å². The van der Waals surface area contributed by atoms with Crippen LogP contribution in [0.3, 0.4) is 0 Å². The first kappa shape index (κ1) is 12.3. The van der Waals surface area contributed by atoms with E-state index in [9.17, 15) is 4.39 Å². The van der Waals surface area contributed by atoms with Crippen LogP contribution in [0.1, 0.15) is 12.5 Å². The zero-order valence-electron chi connectivity index (χ0n) is 8.89. The van der Waals surface area contributed by atoms with Crippen molar-refractivity contribution in [2.24, 2.45) is 5.73 Å². The molecule has 4 heteroatoms. The number of nitrogens with two attached hydrogens (primary N) is 1. The van der Waals surface area contributed by atoms with Gasteiger partial charge in [-0.3, -0.25) is 0 Å². The van der Waals surface area contributed by atoms with E-state index < -0.39 is 5.67 Å². The largest absolute Gasteiger partial charge is 0.496 e. The molecule has 0 aromatic heterocycles. The van der Waals surface area contributed by atoms with Gasteiger partial charge in [0, 0.05) is 18.0 Å². The Kier molecular flexibility index (Phi) is 3.94. The van der Waals surface area contributed by atoms with Gasteiger partial charge in [0.2, 0.25) is 0 Å². The maximum absolute atomic E-state index is 13.7. The number of benzene rings is 1. The lowest BCUT2D eigenvalue weighted by molar-refractivity contribution is 0.198. The summed E-state index contributed by atoms with van der Waals surface area (Å²) in [5, 5.41) is 0.568. The molecule has 15 heavy (non-hydrogen) atoms. The van der Waals surface area contributed by atoms with Crippen molar-refractivity contribution in [1.29, 1.82) is 0 Å². The number of rotatable bonds is 4. The summed E-state index contributed by atoms with van der Waals surface area (Å²) in [4.78, 5) is 0. The van der Waals surface area contributed by atoms with Gasteiger partial charge in [0.1, 0.15) is 11.4 Å². The van der Waals surface area contributed by atoms with Crippen LogP contribution in [-0.2, 0) is 6.42 Å². The molecule has 1 aromatic rings. The van der Waals surface area contributed by atoms with Crippen LogP contribution in [-0.4, -0.2) is 19.3 Å². The van der Waals surface area contributed by atoms with E-state index in [1.165, 1.54) is 6.92 Å². The summed E-state index contributed by atoms with van der Waals surface area (Å²) in [7, 11) is 1.55. The number of alkyl halides is 1. The molecule has 0 saturated carbocycles. The molecule has 0 spiro atoms. The first-order chi connectivity index (χ1) is 6.98. The van der Waals surface area contributed by atoms with Crippen LogP contribution in [0, 0.1) is 0 Å². The maximum Gasteiger partial charge on any atom is 0.124 e. The van der Waals surface area contributed by atoms with Crippen LogP contribution >= 0.6 is 11.6 Å². The van der Waals surface area contributed by atoms with Gasteiger partial charge in [-0.2, -0.15) is 0 Å². The van der Waals surface area contributed by atoms with E-state index in [0.29, 0.717) is 10.8 Å². The van der Waals surface area contributed by atoms with Crippen LogP contribution < -0.4 is 10.5 Å². The van der Waals surface area contributed by atoms with Gasteiger partial charge in [-0.05, 0) is 30.7 Å². The van der Waals surface area contributed by atoms with Crippen LogP contribution in [0.4, 0.5) is 4.39 Å². The van der Waals surface area contributed by atoms with E-state index in [4.69, 9.17) is 22.1 Å². The average molecular weight is 232 g/mol. The molecule has 2 N–H and O–H groups in total. The molecular weight excluding hydrogens is 217 g/mol. The van der Waals surface area contributed by atoms with Gasteiger partial charge in [-0.25, -0.2) is 4.39 Å². The van der Waals surface area contributed by atoms with E-state index >= 15 is 0 Å². The molecule has 1 atom stereocenters. The second-order valence-corrected chi connectivity index (χ2v) is 4.19. The molecule has 1 aromatic carbocycles. The first-order valence-corrected chi connectivity index (χ1v) is 5.08. The second-order valence-electron chi connectivity index (χ2n) is 3.75. The molecule has 1 rings (SSSR count). The molecule has 84 valence electrons. The van der Waals surface area contributed by atoms with Gasteiger partial charge >= 0.3 is 0 Å². The summed E-state index contributed by atoms with van der Waals surface area (Å²) in [6, 6.07) is 5.14. The Balaban J connectivity index is 2.97. The first-order valence-electron chi connectivity index (χ1n) is 4.70. The van der Waals surface area contributed by atoms with Crippen molar-refractivity contribution in [1.82, 2.24) is 0 Å². The van der Waals surface area contributed by atoms with Gasteiger partial charge in [-0.1, -0.05) is 11.6 Å². The van der Waals surface area contributed by atoms with Gasteiger partial charge in [0.25, 0.3) is 0 Å². The third kappa shape index (κ3) is 3.36. The Morgan fingerprint density at radius 1 is 1.53 bits per heavy atom. The second kappa shape index (κ2) is 4.81. The number of hydrogen-bond donors (Lipinski definition) is 1. The molecule has 0 heterocycles. The summed E-state index contributed by atoms with van der Waals surface area (Å²) in [5.74, 6) is 0.636. The summed E-state index contributed by atoms with van der Waals surface area (Å²) in [5.41, 5.74) is 4.64. The van der Waals surface area contributed by atoms with Crippen molar-refractivity contribution in [3.8, 4) is 5.75 Å². The molecule has 1 unspecified atom stereocenters. The lowest BCUT2D eigenvalue weighted by atomic mass is 9.98. The van der Waals surface area contributed by atoms with E-state index in [1.54, 1.807) is 25.3 Å². The molecule has 0 aliphatic carbocycles. The lowest BCUT2D eigenvalue weighted by Gasteiger charge is -2.19. The van der Waals surface area contributed by atoms with Crippen LogP contribution in [0.5, 0.6) is 5.75 Å². The molecule has 0 bridgehead atoms. The molecule has 0 fully saturated rings. The monoisotopic (exact) mass is 231 g/mol. The number of ether oxygens (including phenoxy) is 1. The minimum Gasteiger partial charge on any atom is -0.496 e. The Bertz CT molecular complexity index is 341. The fourth-order valence-corrected chi connectivity index (χ4v) is 1.55. The molecule has 0 aliphatic heterocycles. The van der Waals surface area contributed by atoms with Crippen molar-refractivity contribution in [3.05, 3.63) is 28.8 Å². The number of hydrogen-bond acceptors (Lipinski definition) is 2. The fourth-order valence-electron chi connectivity index (χ4n) is 1.35. The highest BCUT2D eigenvalue weighted by Crippen LogP contribution is 2.27. The maximum atomic E-state index is 13.7. The molecule has 0 amide bonds. The van der Waals surface area contributed by atoms with Crippen molar-refractivity contribution in [2.75, 3.05) is 13.7 Å². The van der Waals surface area contributed by atoms with E-state index in [1.807, 2.05) is 0 Å². The Hall–Kier alpha value is -0.800. The molecular formula is C11H15ClFNO. The topological polar surface area (TPSA) is 35.2 Å².